The highest BCUT2D eigenvalue weighted by Gasteiger charge is 2.31. The number of halogens is 3. The monoisotopic (exact) mass is 358 g/mol. The first kappa shape index (κ1) is 16.5. The van der Waals surface area contributed by atoms with E-state index in [1.807, 2.05) is 0 Å². The van der Waals surface area contributed by atoms with E-state index in [0.717, 1.165) is 17.0 Å². The van der Waals surface area contributed by atoms with Crippen LogP contribution in [0.25, 0.3) is 10.2 Å². The molecule has 24 heavy (non-hydrogen) atoms. The molecule has 0 unspecified atom stereocenters. The standard InChI is InChI=1S/C14H13F3N4O2S/c15-14(16,17)8-2-3-10-9(6-8)20-12(24-10)18-4-1-5-21-11(22)7-19-13(21)23/h2-3,6H,1,4-5,7H2,(H,18,20)(H,19,23). The first-order valence-electron chi connectivity index (χ1n) is 7.14. The summed E-state index contributed by atoms with van der Waals surface area (Å²) < 4.78 is 38.7. The highest BCUT2D eigenvalue weighted by Crippen LogP contribution is 2.33. The molecule has 0 aliphatic carbocycles. The molecule has 1 aliphatic heterocycles. The van der Waals surface area contributed by atoms with Gasteiger partial charge >= 0.3 is 12.2 Å². The van der Waals surface area contributed by atoms with E-state index in [9.17, 15) is 22.8 Å². The van der Waals surface area contributed by atoms with Gasteiger partial charge in [-0.3, -0.25) is 9.69 Å². The highest BCUT2D eigenvalue weighted by molar-refractivity contribution is 7.22. The lowest BCUT2D eigenvalue weighted by atomic mass is 10.2. The average molecular weight is 358 g/mol. The highest BCUT2D eigenvalue weighted by atomic mass is 32.1. The van der Waals surface area contributed by atoms with Crippen LogP contribution in [-0.4, -0.2) is 41.5 Å². The van der Waals surface area contributed by atoms with Crippen molar-refractivity contribution < 1.29 is 22.8 Å². The van der Waals surface area contributed by atoms with Crippen LogP contribution in [0.2, 0.25) is 0 Å². The molecule has 3 rings (SSSR count). The van der Waals surface area contributed by atoms with Gasteiger partial charge in [-0.15, -0.1) is 0 Å². The Bertz CT molecular complexity index is 774. The minimum atomic E-state index is -4.39. The molecule has 1 aliphatic rings. The van der Waals surface area contributed by atoms with E-state index in [-0.39, 0.29) is 24.5 Å². The van der Waals surface area contributed by atoms with Crippen molar-refractivity contribution in [2.75, 3.05) is 25.0 Å². The summed E-state index contributed by atoms with van der Waals surface area (Å²) in [7, 11) is 0. The number of alkyl halides is 3. The molecule has 1 aromatic heterocycles. The lowest BCUT2D eigenvalue weighted by molar-refractivity contribution is -0.137. The van der Waals surface area contributed by atoms with Gasteiger partial charge in [-0.25, -0.2) is 9.78 Å². The maximum absolute atomic E-state index is 12.7. The molecule has 1 aromatic carbocycles. The molecule has 1 fully saturated rings. The van der Waals surface area contributed by atoms with Gasteiger partial charge in [-0.05, 0) is 24.6 Å². The zero-order valence-corrected chi connectivity index (χ0v) is 13.1. The minimum Gasteiger partial charge on any atom is -0.361 e. The third kappa shape index (κ3) is 3.42. The van der Waals surface area contributed by atoms with Crippen molar-refractivity contribution >= 4 is 38.6 Å². The molecule has 2 N–H and O–H groups in total. The van der Waals surface area contributed by atoms with E-state index >= 15 is 0 Å². The zero-order valence-electron chi connectivity index (χ0n) is 12.3. The van der Waals surface area contributed by atoms with Crippen LogP contribution in [0.3, 0.4) is 0 Å². The Morgan fingerprint density at radius 1 is 1.33 bits per heavy atom. The summed E-state index contributed by atoms with van der Waals surface area (Å²) in [6.45, 7) is 0.745. The Balaban J connectivity index is 1.58. The maximum Gasteiger partial charge on any atom is 0.416 e. The van der Waals surface area contributed by atoms with Crippen LogP contribution in [0.4, 0.5) is 23.1 Å². The van der Waals surface area contributed by atoms with E-state index in [1.54, 1.807) is 0 Å². The van der Waals surface area contributed by atoms with Gasteiger partial charge < -0.3 is 10.6 Å². The van der Waals surface area contributed by atoms with Crippen molar-refractivity contribution in [1.82, 2.24) is 15.2 Å². The van der Waals surface area contributed by atoms with Crippen LogP contribution in [-0.2, 0) is 11.0 Å². The summed E-state index contributed by atoms with van der Waals surface area (Å²) in [6.07, 6.45) is -3.88. The number of aromatic nitrogens is 1. The fourth-order valence-corrected chi connectivity index (χ4v) is 3.17. The molecule has 2 aromatic rings. The number of urea groups is 1. The third-order valence-electron chi connectivity index (χ3n) is 3.49. The Kier molecular flexibility index (Phi) is 4.31. The van der Waals surface area contributed by atoms with Gasteiger partial charge in [0.15, 0.2) is 5.13 Å². The van der Waals surface area contributed by atoms with Crippen molar-refractivity contribution in [1.29, 1.82) is 0 Å². The fraction of sp³-hybridized carbons (Fsp3) is 0.357. The Morgan fingerprint density at radius 3 is 2.79 bits per heavy atom. The maximum atomic E-state index is 12.7. The predicted octanol–water partition coefficient (Wildman–Crippen LogP) is 2.67. The number of amides is 3. The Labute approximate surface area is 138 Å². The molecule has 0 radical (unpaired) electrons. The molecule has 1 saturated heterocycles. The van der Waals surface area contributed by atoms with Crippen LogP contribution in [0.15, 0.2) is 18.2 Å². The fourth-order valence-electron chi connectivity index (χ4n) is 2.29. The molecule has 0 saturated carbocycles. The number of benzene rings is 1. The zero-order chi connectivity index (χ0) is 17.3. The number of thiazole rings is 1. The second kappa shape index (κ2) is 6.27. The van der Waals surface area contributed by atoms with Crippen LogP contribution >= 0.6 is 11.3 Å². The number of hydrogen-bond donors (Lipinski definition) is 2. The van der Waals surface area contributed by atoms with E-state index in [1.165, 1.54) is 17.4 Å². The average Bonchev–Trinajstić information content (AvgIpc) is 3.06. The van der Waals surface area contributed by atoms with Gasteiger partial charge in [-0.1, -0.05) is 11.3 Å². The lowest BCUT2D eigenvalue weighted by Crippen LogP contribution is -2.32. The number of fused-ring (bicyclic) bond motifs is 1. The van der Waals surface area contributed by atoms with E-state index in [2.05, 4.69) is 15.6 Å². The van der Waals surface area contributed by atoms with Crippen LogP contribution in [0, 0.1) is 0 Å². The quantitative estimate of drug-likeness (QED) is 0.637. The summed E-state index contributed by atoms with van der Waals surface area (Å²) in [5.74, 6) is -0.264. The molecule has 0 bridgehead atoms. The van der Waals surface area contributed by atoms with Crippen molar-refractivity contribution in [3.63, 3.8) is 0 Å². The van der Waals surface area contributed by atoms with Crippen molar-refractivity contribution in [2.45, 2.75) is 12.6 Å². The van der Waals surface area contributed by atoms with Gasteiger partial charge in [0.2, 0.25) is 5.91 Å². The summed E-state index contributed by atoms with van der Waals surface area (Å²) in [6, 6.07) is 3.04. The topological polar surface area (TPSA) is 74.3 Å². The summed E-state index contributed by atoms with van der Waals surface area (Å²) in [5.41, 5.74) is -0.447. The molecule has 0 atom stereocenters. The van der Waals surface area contributed by atoms with Crippen LogP contribution in [0.1, 0.15) is 12.0 Å². The second-order valence-corrected chi connectivity index (χ2v) is 6.21. The van der Waals surface area contributed by atoms with Gasteiger partial charge in [0.25, 0.3) is 0 Å². The van der Waals surface area contributed by atoms with Gasteiger partial charge in [0.1, 0.15) is 0 Å². The molecule has 6 nitrogen and oxygen atoms in total. The van der Waals surface area contributed by atoms with E-state index in [4.69, 9.17) is 0 Å². The van der Waals surface area contributed by atoms with Crippen molar-refractivity contribution in [3.05, 3.63) is 23.8 Å². The smallest absolute Gasteiger partial charge is 0.361 e. The number of carbonyl (C=O) groups excluding carboxylic acids is 2. The predicted molar refractivity (Wildman–Crippen MR) is 82.8 cm³/mol. The summed E-state index contributed by atoms with van der Waals surface area (Å²) >= 11 is 1.25. The first-order valence-corrected chi connectivity index (χ1v) is 7.96. The minimum absolute atomic E-state index is 0.0195. The number of carbonyl (C=O) groups is 2. The number of imide groups is 1. The Morgan fingerprint density at radius 2 is 2.12 bits per heavy atom. The van der Waals surface area contributed by atoms with Gasteiger partial charge in [-0.2, -0.15) is 13.2 Å². The van der Waals surface area contributed by atoms with Gasteiger partial charge in [0, 0.05) is 13.1 Å². The molecular formula is C14H13F3N4O2S. The summed E-state index contributed by atoms with van der Waals surface area (Å²) in [5, 5.41) is 5.93. The second-order valence-electron chi connectivity index (χ2n) is 5.18. The molecule has 2 heterocycles. The molecule has 0 spiro atoms. The molecular weight excluding hydrogens is 345 g/mol. The lowest BCUT2D eigenvalue weighted by Gasteiger charge is -2.11. The number of anilines is 1. The number of nitrogens with one attached hydrogen (secondary N) is 2. The van der Waals surface area contributed by atoms with Crippen molar-refractivity contribution in [2.24, 2.45) is 0 Å². The van der Waals surface area contributed by atoms with E-state index in [0.29, 0.717) is 22.8 Å². The third-order valence-corrected chi connectivity index (χ3v) is 4.48. The largest absolute Gasteiger partial charge is 0.416 e. The molecule has 10 heteroatoms. The number of hydrogen-bond acceptors (Lipinski definition) is 5. The van der Waals surface area contributed by atoms with Crippen LogP contribution < -0.4 is 10.6 Å². The molecule has 3 amide bonds. The summed E-state index contributed by atoms with van der Waals surface area (Å²) in [4.78, 5) is 28.0. The normalized spacial score (nSPS) is 15.2. The number of rotatable bonds is 5. The van der Waals surface area contributed by atoms with Crippen molar-refractivity contribution in [3.8, 4) is 0 Å². The number of nitrogens with zero attached hydrogens (tertiary/aromatic N) is 2. The van der Waals surface area contributed by atoms with Crippen LogP contribution in [0.5, 0.6) is 0 Å². The van der Waals surface area contributed by atoms with E-state index < -0.39 is 17.8 Å². The molecule has 128 valence electrons. The first-order chi connectivity index (χ1) is 11.3. The SMILES string of the molecule is O=C1CNC(=O)N1CCCNc1nc2cc(C(F)(F)F)ccc2s1. The Hall–Kier alpha value is -2.36. The van der Waals surface area contributed by atoms with Gasteiger partial charge in [0.05, 0.1) is 22.3 Å².